The largest absolute Gasteiger partial charge is 0.493 e. The smallest absolute Gasteiger partial charge is 0.120 e. The van der Waals surface area contributed by atoms with Crippen molar-refractivity contribution in [3.8, 4) is 5.75 Å². The Bertz CT molecular complexity index is 480. The summed E-state index contributed by atoms with van der Waals surface area (Å²) < 4.78 is 6.75. The Labute approximate surface area is 127 Å². The lowest BCUT2D eigenvalue weighted by atomic mass is 10.2. The summed E-state index contributed by atoms with van der Waals surface area (Å²) >= 11 is 5.34. The van der Waals surface area contributed by atoms with Crippen LogP contribution in [0.15, 0.2) is 53.0 Å². The molecule has 0 fully saturated rings. The van der Waals surface area contributed by atoms with Gasteiger partial charge in [0.2, 0.25) is 0 Å². The summed E-state index contributed by atoms with van der Waals surface area (Å²) in [6.07, 6.45) is 0. The molecule has 0 atom stereocenters. The molecule has 2 aromatic carbocycles. The van der Waals surface area contributed by atoms with E-state index in [-0.39, 0.29) is 0 Å². The lowest BCUT2D eigenvalue weighted by molar-refractivity contribution is 0.344. The van der Waals surface area contributed by atoms with Gasteiger partial charge in [-0.05, 0) is 30.7 Å². The highest BCUT2D eigenvalue weighted by molar-refractivity contribution is 9.10. The van der Waals surface area contributed by atoms with E-state index in [9.17, 15) is 0 Å². The topological polar surface area (TPSA) is 9.23 Å². The van der Waals surface area contributed by atoms with Gasteiger partial charge < -0.3 is 4.74 Å². The number of hydrogen-bond donors (Lipinski definition) is 0. The summed E-state index contributed by atoms with van der Waals surface area (Å²) in [5.74, 6) is 2.97. The first-order chi connectivity index (χ1) is 9.24. The van der Waals surface area contributed by atoms with Crippen LogP contribution in [0.25, 0.3) is 0 Å². The molecule has 100 valence electrons. The van der Waals surface area contributed by atoms with Crippen LogP contribution in [0.4, 0.5) is 0 Å². The molecule has 0 amide bonds. The zero-order chi connectivity index (χ0) is 13.5. The van der Waals surface area contributed by atoms with Gasteiger partial charge in [-0.2, -0.15) is 11.8 Å². The summed E-state index contributed by atoms with van der Waals surface area (Å²) in [5, 5.41) is 0. The SMILES string of the molecule is Cc1cccc(CSCCOc2cccc(Br)c2)c1. The fraction of sp³-hybridized carbons (Fsp3) is 0.250. The van der Waals surface area contributed by atoms with E-state index >= 15 is 0 Å². The van der Waals surface area contributed by atoms with Crippen molar-refractivity contribution in [2.45, 2.75) is 12.7 Å². The van der Waals surface area contributed by atoms with Crippen LogP contribution in [-0.2, 0) is 5.75 Å². The maximum absolute atomic E-state index is 5.70. The summed E-state index contributed by atoms with van der Waals surface area (Å²) in [4.78, 5) is 0. The Balaban J connectivity index is 1.67. The highest BCUT2D eigenvalue weighted by Crippen LogP contribution is 2.18. The predicted molar refractivity (Wildman–Crippen MR) is 87.0 cm³/mol. The van der Waals surface area contributed by atoms with Gasteiger partial charge >= 0.3 is 0 Å². The molecule has 0 aromatic heterocycles. The molecule has 0 aliphatic rings. The molecule has 0 aliphatic carbocycles. The van der Waals surface area contributed by atoms with E-state index < -0.39 is 0 Å². The molecular formula is C16H17BrOS. The van der Waals surface area contributed by atoms with Crippen molar-refractivity contribution in [3.05, 3.63) is 64.1 Å². The number of thioether (sulfide) groups is 1. The molecule has 0 N–H and O–H groups in total. The number of hydrogen-bond acceptors (Lipinski definition) is 2. The van der Waals surface area contributed by atoms with E-state index in [0.29, 0.717) is 0 Å². The van der Waals surface area contributed by atoms with E-state index in [4.69, 9.17) is 4.74 Å². The summed E-state index contributed by atoms with van der Waals surface area (Å²) in [6, 6.07) is 16.6. The van der Waals surface area contributed by atoms with Crippen LogP contribution in [0.1, 0.15) is 11.1 Å². The molecule has 2 aromatic rings. The molecular weight excluding hydrogens is 320 g/mol. The lowest BCUT2D eigenvalue weighted by Gasteiger charge is -2.06. The number of aryl methyl sites for hydroxylation is 1. The molecule has 0 aliphatic heterocycles. The first-order valence-corrected chi connectivity index (χ1v) is 8.20. The molecule has 0 heterocycles. The first-order valence-electron chi connectivity index (χ1n) is 6.26. The minimum absolute atomic E-state index is 0.743. The Kier molecular flexibility index (Phi) is 5.80. The van der Waals surface area contributed by atoms with Gasteiger partial charge in [-0.1, -0.05) is 51.8 Å². The number of benzene rings is 2. The fourth-order valence-electron chi connectivity index (χ4n) is 1.77. The molecule has 2 rings (SSSR count). The molecule has 19 heavy (non-hydrogen) atoms. The van der Waals surface area contributed by atoms with Crippen LogP contribution in [0, 0.1) is 6.92 Å². The molecule has 0 spiro atoms. The second-order valence-corrected chi connectivity index (χ2v) is 6.37. The second-order valence-electron chi connectivity index (χ2n) is 4.35. The van der Waals surface area contributed by atoms with Crippen molar-refractivity contribution in [2.75, 3.05) is 12.4 Å². The van der Waals surface area contributed by atoms with Gasteiger partial charge in [0.05, 0.1) is 6.61 Å². The predicted octanol–water partition coefficient (Wildman–Crippen LogP) is 5.07. The van der Waals surface area contributed by atoms with Crippen molar-refractivity contribution in [1.82, 2.24) is 0 Å². The second kappa shape index (κ2) is 7.61. The van der Waals surface area contributed by atoms with E-state index in [0.717, 1.165) is 28.3 Å². The third kappa shape index (κ3) is 5.29. The third-order valence-corrected chi connectivity index (χ3v) is 4.13. The van der Waals surface area contributed by atoms with Crippen molar-refractivity contribution in [3.63, 3.8) is 0 Å². The van der Waals surface area contributed by atoms with Gasteiger partial charge in [0, 0.05) is 16.0 Å². The molecule has 1 nitrogen and oxygen atoms in total. The number of ether oxygens (including phenoxy) is 1. The van der Waals surface area contributed by atoms with Gasteiger partial charge in [0.15, 0.2) is 0 Å². The Morgan fingerprint density at radius 1 is 1.11 bits per heavy atom. The van der Waals surface area contributed by atoms with Crippen LogP contribution in [0.2, 0.25) is 0 Å². The number of halogens is 1. The quantitative estimate of drug-likeness (QED) is 0.681. The molecule has 0 radical (unpaired) electrons. The Morgan fingerprint density at radius 2 is 1.95 bits per heavy atom. The highest BCUT2D eigenvalue weighted by Gasteiger charge is 1.97. The highest BCUT2D eigenvalue weighted by atomic mass is 79.9. The maximum Gasteiger partial charge on any atom is 0.120 e. The summed E-state index contributed by atoms with van der Waals surface area (Å²) in [7, 11) is 0. The monoisotopic (exact) mass is 336 g/mol. The average molecular weight is 337 g/mol. The van der Waals surface area contributed by atoms with Crippen molar-refractivity contribution in [2.24, 2.45) is 0 Å². The van der Waals surface area contributed by atoms with Crippen molar-refractivity contribution < 1.29 is 4.74 Å². The average Bonchev–Trinajstić information content (AvgIpc) is 2.38. The minimum atomic E-state index is 0.743. The Hall–Kier alpha value is -0.930. The maximum atomic E-state index is 5.70. The zero-order valence-corrected chi connectivity index (χ0v) is 13.3. The van der Waals surface area contributed by atoms with Crippen LogP contribution >= 0.6 is 27.7 Å². The van der Waals surface area contributed by atoms with E-state index in [2.05, 4.69) is 47.1 Å². The van der Waals surface area contributed by atoms with E-state index in [1.807, 2.05) is 36.0 Å². The summed E-state index contributed by atoms with van der Waals surface area (Å²) in [6.45, 7) is 2.87. The van der Waals surface area contributed by atoms with Crippen molar-refractivity contribution in [1.29, 1.82) is 0 Å². The van der Waals surface area contributed by atoms with Gasteiger partial charge in [-0.15, -0.1) is 0 Å². The standard InChI is InChI=1S/C16H17BrOS/c1-13-4-2-5-14(10-13)12-19-9-8-18-16-7-3-6-15(17)11-16/h2-7,10-11H,8-9,12H2,1H3. The minimum Gasteiger partial charge on any atom is -0.493 e. The first kappa shape index (κ1) is 14.5. The van der Waals surface area contributed by atoms with Crippen LogP contribution < -0.4 is 4.74 Å². The molecule has 0 saturated heterocycles. The number of rotatable bonds is 6. The van der Waals surface area contributed by atoms with Gasteiger partial charge in [0.1, 0.15) is 5.75 Å². The fourth-order valence-corrected chi connectivity index (χ4v) is 2.91. The van der Waals surface area contributed by atoms with E-state index in [1.54, 1.807) is 0 Å². The normalized spacial score (nSPS) is 10.4. The zero-order valence-electron chi connectivity index (χ0n) is 10.9. The molecule has 0 saturated carbocycles. The molecule has 0 bridgehead atoms. The third-order valence-electron chi connectivity index (χ3n) is 2.64. The van der Waals surface area contributed by atoms with Crippen LogP contribution in [-0.4, -0.2) is 12.4 Å². The van der Waals surface area contributed by atoms with Gasteiger partial charge in [-0.25, -0.2) is 0 Å². The summed E-state index contributed by atoms with van der Waals surface area (Å²) in [5.41, 5.74) is 2.70. The van der Waals surface area contributed by atoms with Crippen LogP contribution in [0.3, 0.4) is 0 Å². The lowest BCUT2D eigenvalue weighted by Crippen LogP contribution is -2.00. The Morgan fingerprint density at radius 3 is 2.74 bits per heavy atom. The molecule has 0 unspecified atom stereocenters. The van der Waals surface area contributed by atoms with E-state index in [1.165, 1.54) is 11.1 Å². The van der Waals surface area contributed by atoms with Crippen LogP contribution in [0.5, 0.6) is 5.75 Å². The van der Waals surface area contributed by atoms with Gasteiger partial charge in [0.25, 0.3) is 0 Å². The van der Waals surface area contributed by atoms with Crippen molar-refractivity contribution >= 4 is 27.7 Å². The molecule has 3 heteroatoms. The van der Waals surface area contributed by atoms with Gasteiger partial charge in [-0.3, -0.25) is 0 Å².